The molecule has 0 aliphatic carbocycles. The molecule has 17 heavy (non-hydrogen) atoms. The van der Waals surface area contributed by atoms with Crippen LogP contribution < -0.4 is 5.32 Å². The van der Waals surface area contributed by atoms with Gasteiger partial charge in [0.25, 0.3) is 0 Å². The molecule has 1 aliphatic heterocycles. The van der Waals surface area contributed by atoms with Crippen LogP contribution in [0.25, 0.3) is 0 Å². The number of hydrogen-bond acceptors (Lipinski definition) is 4. The van der Waals surface area contributed by atoms with Crippen molar-refractivity contribution in [3.63, 3.8) is 0 Å². The number of nitrogens with zero attached hydrogens (tertiary/aromatic N) is 2. The molecule has 2 unspecified atom stereocenters. The van der Waals surface area contributed by atoms with Crippen molar-refractivity contribution in [2.45, 2.75) is 32.4 Å². The van der Waals surface area contributed by atoms with Crippen LogP contribution in [-0.2, 0) is 4.74 Å². The quantitative estimate of drug-likeness (QED) is 0.710. The topological polar surface area (TPSA) is 27.7 Å². The van der Waals surface area contributed by atoms with Crippen molar-refractivity contribution < 1.29 is 4.74 Å². The Balaban J connectivity index is 2.49. The zero-order valence-electron chi connectivity index (χ0n) is 11.9. The van der Waals surface area contributed by atoms with Crippen LogP contribution in [0.2, 0.25) is 0 Å². The van der Waals surface area contributed by atoms with Gasteiger partial charge in [0.15, 0.2) is 0 Å². The van der Waals surface area contributed by atoms with Crippen LogP contribution in [0.3, 0.4) is 0 Å². The highest BCUT2D eigenvalue weighted by molar-refractivity contribution is 4.84. The van der Waals surface area contributed by atoms with Gasteiger partial charge in [-0.1, -0.05) is 13.8 Å². The van der Waals surface area contributed by atoms with E-state index in [0.717, 1.165) is 26.2 Å². The van der Waals surface area contributed by atoms with Crippen molar-refractivity contribution >= 4 is 0 Å². The van der Waals surface area contributed by atoms with Crippen LogP contribution in [0, 0.1) is 0 Å². The Morgan fingerprint density at radius 1 is 1.35 bits per heavy atom. The predicted molar refractivity (Wildman–Crippen MR) is 72.5 cm³/mol. The van der Waals surface area contributed by atoms with E-state index in [1.54, 1.807) is 7.11 Å². The van der Waals surface area contributed by atoms with E-state index in [1.165, 1.54) is 19.5 Å². The van der Waals surface area contributed by atoms with Gasteiger partial charge in [0.05, 0.1) is 6.61 Å². The highest BCUT2D eigenvalue weighted by Gasteiger charge is 2.27. The average Bonchev–Trinajstić information content (AvgIpc) is 2.35. The molecule has 0 amide bonds. The van der Waals surface area contributed by atoms with E-state index in [4.69, 9.17) is 4.74 Å². The minimum Gasteiger partial charge on any atom is -0.383 e. The molecule has 1 rings (SSSR count). The van der Waals surface area contributed by atoms with Gasteiger partial charge in [-0.3, -0.25) is 4.90 Å². The Bertz CT molecular complexity index is 201. The summed E-state index contributed by atoms with van der Waals surface area (Å²) < 4.78 is 5.35. The highest BCUT2D eigenvalue weighted by Crippen LogP contribution is 2.13. The highest BCUT2D eigenvalue weighted by atomic mass is 16.5. The number of ether oxygens (including phenoxy) is 1. The molecule has 0 aromatic carbocycles. The molecule has 4 nitrogen and oxygen atoms in total. The summed E-state index contributed by atoms with van der Waals surface area (Å²) >= 11 is 0. The predicted octanol–water partition coefficient (Wildman–Crippen LogP) is 0.637. The number of piperazine rings is 1. The SMILES string of the molecule is CCNCC(COC)N1CCN(C)C(CC)C1. The Morgan fingerprint density at radius 3 is 2.71 bits per heavy atom. The number of methoxy groups -OCH3 is 1. The van der Waals surface area contributed by atoms with E-state index in [9.17, 15) is 0 Å². The van der Waals surface area contributed by atoms with Gasteiger partial charge in [-0.25, -0.2) is 0 Å². The summed E-state index contributed by atoms with van der Waals surface area (Å²) in [6.45, 7) is 10.8. The molecule has 0 radical (unpaired) electrons. The van der Waals surface area contributed by atoms with E-state index in [-0.39, 0.29) is 0 Å². The van der Waals surface area contributed by atoms with Crippen molar-refractivity contribution in [1.29, 1.82) is 0 Å². The van der Waals surface area contributed by atoms with E-state index < -0.39 is 0 Å². The Hall–Kier alpha value is -0.160. The molecule has 1 heterocycles. The minimum absolute atomic E-state index is 0.516. The zero-order valence-corrected chi connectivity index (χ0v) is 11.9. The molecular weight excluding hydrogens is 214 g/mol. The standard InChI is InChI=1S/C13H29N3O/c1-5-12-10-16(8-7-15(12)3)13(11-17-4)9-14-6-2/h12-14H,5-11H2,1-4H3. The number of likely N-dealkylation sites (N-methyl/N-ethyl adjacent to an activating group) is 2. The molecule has 1 aliphatic rings. The summed E-state index contributed by atoms with van der Waals surface area (Å²) in [5, 5.41) is 3.44. The van der Waals surface area contributed by atoms with Gasteiger partial charge in [-0.15, -0.1) is 0 Å². The van der Waals surface area contributed by atoms with Crippen LogP contribution >= 0.6 is 0 Å². The Morgan fingerprint density at radius 2 is 2.12 bits per heavy atom. The fourth-order valence-corrected chi connectivity index (χ4v) is 2.54. The van der Waals surface area contributed by atoms with Crippen molar-refractivity contribution in [3.05, 3.63) is 0 Å². The number of nitrogens with one attached hydrogen (secondary N) is 1. The third-order valence-corrected chi connectivity index (χ3v) is 3.79. The average molecular weight is 243 g/mol. The minimum atomic E-state index is 0.516. The summed E-state index contributed by atoms with van der Waals surface area (Å²) in [5.41, 5.74) is 0. The summed E-state index contributed by atoms with van der Waals surface area (Å²) in [6, 6.07) is 1.22. The monoisotopic (exact) mass is 243 g/mol. The summed E-state index contributed by atoms with van der Waals surface area (Å²) in [6.07, 6.45) is 1.23. The molecule has 1 fully saturated rings. The number of rotatable bonds is 7. The van der Waals surface area contributed by atoms with Gasteiger partial charge >= 0.3 is 0 Å². The van der Waals surface area contributed by atoms with Gasteiger partial charge in [-0.2, -0.15) is 0 Å². The van der Waals surface area contributed by atoms with Gasteiger partial charge in [0.2, 0.25) is 0 Å². The van der Waals surface area contributed by atoms with Crippen molar-refractivity contribution in [2.24, 2.45) is 0 Å². The Labute approximate surface area is 106 Å². The summed E-state index contributed by atoms with van der Waals surface area (Å²) in [4.78, 5) is 5.06. The second kappa shape index (κ2) is 8.03. The van der Waals surface area contributed by atoms with E-state index in [0.29, 0.717) is 12.1 Å². The zero-order chi connectivity index (χ0) is 12.7. The molecule has 0 aromatic rings. The normalized spacial score (nSPS) is 25.1. The summed E-state index contributed by atoms with van der Waals surface area (Å²) in [5.74, 6) is 0. The smallest absolute Gasteiger partial charge is 0.0630 e. The van der Waals surface area contributed by atoms with Gasteiger partial charge in [-0.05, 0) is 20.0 Å². The number of hydrogen-bond donors (Lipinski definition) is 1. The molecule has 0 aromatic heterocycles. The third-order valence-electron chi connectivity index (χ3n) is 3.79. The maximum Gasteiger partial charge on any atom is 0.0630 e. The van der Waals surface area contributed by atoms with E-state index >= 15 is 0 Å². The molecule has 0 saturated carbocycles. The van der Waals surface area contributed by atoms with E-state index in [1.807, 2.05) is 0 Å². The molecule has 102 valence electrons. The van der Waals surface area contributed by atoms with Crippen LogP contribution in [0.4, 0.5) is 0 Å². The van der Waals surface area contributed by atoms with Gasteiger partial charge in [0, 0.05) is 45.4 Å². The molecular formula is C13H29N3O. The maximum absolute atomic E-state index is 5.35. The lowest BCUT2D eigenvalue weighted by Crippen LogP contribution is -2.57. The first-order valence-electron chi connectivity index (χ1n) is 6.86. The van der Waals surface area contributed by atoms with Crippen LogP contribution in [0.1, 0.15) is 20.3 Å². The van der Waals surface area contributed by atoms with Crippen LogP contribution in [0.15, 0.2) is 0 Å². The first-order chi connectivity index (χ1) is 8.22. The summed E-state index contributed by atoms with van der Waals surface area (Å²) in [7, 11) is 4.04. The molecule has 4 heteroatoms. The molecule has 0 bridgehead atoms. The Kier molecular flexibility index (Phi) is 7.04. The molecule has 1 saturated heterocycles. The first kappa shape index (κ1) is 14.9. The third kappa shape index (κ3) is 4.54. The van der Waals surface area contributed by atoms with Crippen LogP contribution in [0.5, 0.6) is 0 Å². The van der Waals surface area contributed by atoms with Crippen molar-refractivity contribution in [3.8, 4) is 0 Å². The van der Waals surface area contributed by atoms with E-state index in [2.05, 4.69) is 36.0 Å². The lowest BCUT2D eigenvalue weighted by Gasteiger charge is -2.42. The van der Waals surface area contributed by atoms with Crippen molar-refractivity contribution in [2.75, 3.05) is 53.5 Å². The molecule has 1 N–H and O–H groups in total. The van der Waals surface area contributed by atoms with Gasteiger partial charge < -0.3 is 15.0 Å². The first-order valence-corrected chi connectivity index (χ1v) is 6.86. The fraction of sp³-hybridized carbons (Fsp3) is 1.00. The van der Waals surface area contributed by atoms with Crippen molar-refractivity contribution in [1.82, 2.24) is 15.1 Å². The fourth-order valence-electron chi connectivity index (χ4n) is 2.54. The second-order valence-electron chi connectivity index (χ2n) is 4.95. The van der Waals surface area contributed by atoms with Gasteiger partial charge in [0.1, 0.15) is 0 Å². The molecule has 0 spiro atoms. The largest absolute Gasteiger partial charge is 0.383 e. The van der Waals surface area contributed by atoms with Crippen LogP contribution in [-0.4, -0.2) is 75.4 Å². The second-order valence-corrected chi connectivity index (χ2v) is 4.95. The lowest BCUT2D eigenvalue weighted by molar-refractivity contribution is 0.0288. The maximum atomic E-state index is 5.35. The lowest BCUT2D eigenvalue weighted by atomic mass is 10.1. The molecule has 2 atom stereocenters.